The fourth-order valence-electron chi connectivity index (χ4n) is 10.6. The molecule has 0 bridgehead atoms. The molecule has 15 heteroatoms. The fraction of sp³-hybridized carbons (Fsp3) is 0.500. The Labute approximate surface area is 406 Å². The standard InChI is InChI=1S/C27H33N5O3.C22H26N4O2.C5H11N/c1-3-32-24-10-9-22(18(2)26(24)28-29-32)23(16-25(33)34)20-8-7-19-11-14-31(17-21(19)15-20)27(35)30-12-5-4-6-13-30;1-4-26-20-8-7-18(14(2)22(20)24-25-26)19(12-21(27)28-3)16-6-5-15-9-10-23-13-17(15)11-16;1-2-4-6-5-3-1/h7-10,15,23H,3-6,11-14,16-17H2,1-2H3,(H,33,34);5-8,11,19,23H,4,9-10,12-13H2,1-3H3;6H,1-5H2. The largest absolute Gasteiger partial charge is 0.481 e. The summed E-state index contributed by atoms with van der Waals surface area (Å²) in [5, 5.41) is 33.7. The highest BCUT2D eigenvalue weighted by atomic mass is 16.5. The zero-order valence-electron chi connectivity index (χ0n) is 41.2. The molecule has 6 aromatic rings. The van der Waals surface area contributed by atoms with Crippen molar-refractivity contribution in [3.05, 3.63) is 116 Å². The third-order valence-corrected chi connectivity index (χ3v) is 14.6. The minimum absolute atomic E-state index is 0.0104. The third kappa shape index (κ3) is 11.3. The number of carbonyl (C=O) groups excluding carboxylic acids is 2. The molecule has 2 fully saturated rings. The number of carbonyl (C=O) groups is 3. The Balaban J connectivity index is 0.000000169. The van der Waals surface area contributed by atoms with Gasteiger partial charge in [-0.1, -0.05) is 65.4 Å². The van der Waals surface area contributed by atoms with E-state index in [0.29, 0.717) is 13.0 Å². The van der Waals surface area contributed by atoms with Crippen molar-refractivity contribution in [2.45, 2.75) is 130 Å². The molecule has 6 heterocycles. The molecule has 2 atom stereocenters. The van der Waals surface area contributed by atoms with E-state index >= 15 is 0 Å². The van der Waals surface area contributed by atoms with Gasteiger partial charge in [0.05, 0.1) is 31.0 Å². The SMILES string of the molecule is C1CCNCC1.CCn1nnc2c(C)c(C(CC(=O)O)c3ccc4c(c3)CN(C(=O)N3CCCCC3)CC4)ccc21.CCn1nnc2c(C)c(C(CC(=O)OC)c3ccc4c(c3)CNCC4)ccc21. The molecule has 3 N–H and O–H groups in total. The molecule has 366 valence electrons. The van der Waals surface area contributed by atoms with Gasteiger partial charge < -0.3 is 30.3 Å². The Bertz CT molecular complexity index is 2740. The molecule has 4 aromatic carbocycles. The number of methoxy groups -OCH3 is 1. The lowest BCUT2D eigenvalue weighted by Gasteiger charge is -2.36. The molecule has 10 rings (SSSR count). The van der Waals surface area contributed by atoms with E-state index in [1.54, 1.807) is 0 Å². The van der Waals surface area contributed by atoms with E-state index in [2.05, 4.69) is 93.6 Å². The number of hydrogen-bond donors (Lipinski definition) is 3. The van der Waals surface area contributed by atoms with E-state index in [-0.39, 0.29) is 30.3 Å². The zero-order chi connectivity index (χ0) is 48.4. The Morgan fingerprint density at radius 1 is 0.638 bits per heavy atom. The molecule has 0 radical (unpaired) electrons. The number of amides is 2. The van der Waals surface area contributed by atoms with Gasteiger partial charge in [-0.15, -0.1) is 10.2 Å². The number of carboxylic acids is 1. The number of aromatic nitrogens is 6. The molecule has 15 nitrogen and oxygen atoms in total. The second-order valence-electron chi connectivity index (χ2n) is 18.9. The van der Waals surface area contributed by atoms with Crippen molar-refractivity contribution in [1.29, 1.82) is 0 Å². The van der Waals surface area contributed by atoms with Crippen LogP contribution in [0.3, 0.4) is 0 Å². The van der Waals surface area contributed by atoms with Crippen LogP contribution in [0.1, 0.15) is 133 Å². The van der Waals surface area contributed by atoms with E-state index in [0.717, 1.165) is 133 Å². The topological polar surface area (TPSA) is 173 Å². The quantitative estimate of drug-likeness (QED) is 0.113. The van der Waals surface area contributed by atoms with Crippen LogP contribution in [-0.2, 0) is 53.3 Å². The summed E-state index contributed by atoms with van der Waals surface area (Å²) in [5.41, 5.74) is 14.9. The van der Waals surface area contributed by atoms with Crippen molar-refractivity contribution in [2.24, 2.45) is 0 Å². The van der Waals surface area contributed by atoms with E-state index in [4.69, 9.17) is 4.74 Å². The third-order valence-electron chi connectivity index (χ3n) is 14.6. The first-order valence-corrected chi connectivity index (χ1v) is 25.2. The van der Waals surface area contributed by atoms with Crippen LogP contribution in [0, 0.1) is 13.8 Å². The van der Waals surface area contributed by atoms with Gasteiger partial charge in [-0.3, -0.25) is 9.59 Å². The molecule has 4 aliphatic heterocycles. The number of fused-ring (bicyclic) bond motifs is 4. The summed E-state index contributed by atoms with van der Waals surface area (Å²) >= 11 is 0. The number of urea groups is 1. The number of ether oxygens (including phenoxy) is 1. The highest BCUT2D eigenvalue weighted by Gasteiger charge is 2.29. The molecule has 2 unspecified atom stereocenters. The first-order chi connectivity index (χ1) is 33.6. The van der Waals surface area contributed by atoms with Crippen LogP contribution in [0.4, 0.5) is 4.79 Å². The van der Waals surface area contributed by atoms with Gasteiger partial charge in [-0.25, -0.2) is 14.2 Å². The minimum Gasteiger partial charge on any atom is -0.481 e. The lowest BCUT2D eigenvalue weighted by atomic mass is 9.83. The smallest absolute Gasteiger partial charge is 0.320 e. The summed E-state index contributed by atoms with van der Waals surface area (Å²) in [6, 6.07) is 21.2. The molecular weight excluding hydrogens is 869 g/mol. The Morgan fingerprint density at radius 3 is 1.74 bits per heavy atom. The van der Waals surface area contributed by atoms with E-state index in [9.17, 15) is 19.5 Å². The maximum Gasteiger partial charge on any atom is 0.320 e. The number of aliphatic carboxylic acids is 1. The fourth-order valence-corrected chi connectivity index (χ4v) is 10.6. The van der Waals surface area contributed by atoms with Gasteiger partial charge in [0.25, 0.3) is 0 Å². The molecule has 0 spiro atoms. The normalized spacial score (nSPS) is 16.6. The van der Waals surface area contributed by atoms with Crippen molar-refractivity contribution in [3.63, 3.8) is 0 Å². The van der Waals surface area contributed by atoms with Gasteiger partial charge in [-0.05, 0) is 160 Å². The summed E-state index contributed by atoms with van der Waals surface area (Å²) in [4.78, 5) is 41.1. The number of esters is 1. The maximum atomic E-state index is 13.1. The molecule has 2 saturated heterocycles. The minimum atomic E-state index is -0.841. The van der Waals surface area contributed by atoms with Crippen molar-refractivity contribution in [1.82, 2.24) is 50.4 Å². The van der Waals surface area contributed by atoms with Crippen LogP contribution in [0.2, 0.25) is 0 Å². The Morgan fingerprint density at radius 2 is 1.20 bits per heavy atom. The maximum absolute atomic E-state index is 13.1. The van der Waals surface area contributed by atoms with Gasteiger partial charge >= 0.3 is 18.0 Å². The number of nitrogens with one attached hydrogen (secondary N) is 2. The monoisotopic (exact) mass is 939 g/mol. The number of rotatable bonds is 10. The Hall–Kier alpha value is -6.19. The number of nitrogens with zero attached hydrogens (tertiary/aromatic N) is 8. The lowest BCUT2D eigenvalue weighted by Crippen LogP contribution is -2.47. The highest BCUT2D eigenvalue weighted by Crippen LogP contribution is 2.37. The van der Waals surface area contributed by atoms with Crippen molar-refractivity contribution in [2.75, 3.05) is 46.4 Å². The summed E-state index contributed by atoms with van der Waals surface area (Å²) in [7, 11) is 1.44. The second kappa shape index (κ2) is 22.9. The van der Waals surface area contributed by atoms with Crippen LogP contribution in [0.25, 0.3) is 22.1 Å². The summed E-state index contributed by atoms with van der Waals surface area (Å²) in [6.07, 6.45) is 9.72. The van der Waals surface area contributed by atoms with Crippen molar-refractivity contribution >= 4 is 40.0 Å². The number of piperidine rings is 2. The highest BCUT2D eigenvalue weighted by molar-refractivity contribution is 5.82. The molecule has 4 aliphatic rings. The number of carboxylic acid groups (broad SMARTS) is 1. The summed E-state index contributed by atoms with van der Waals surface area (Å²) in [5.74, 6) is -1.43. The number of benzene rings is 4. The lowest BCUT2D eigenvalue weighted by molar-refractivity contribution is -0.141. The number of likely N-dealkylation sites (tertiary alicyclic amines) is 1. The average Bonchev–Trinajstić information content (AvgIpc) is 4.03. The van der Waals surface area contributed by atoms with Crippen LogP contribution >= 0.6 is 0 Å². The predicted octanol–water partition coefficient (Wildman–Crippen LogP) is 8.19. The van der Waals surface area contributed by atoms with Gasteiger partial charge in [0.2, 0.25) is 0 Å². The van der Waals surface area contributed by atoms with Crippen LogP contribution in [-0.4, -0.2) is 109 Å². The first kappa shape index (κ1) is 49.2. The van der Waals surface area contributed by atoms with Crippen LogP contribution in [0.15, 0.2) is 60.7 Å². The second-order valence-corrected chi connectivity index (χ2v) is 18.9. The average molecular weight is 939 g/mol. The number of hydrogen-bond acceptors (Lipinski definition) is 10. The van der Waals surface area contributed by atoms with Crippen LogP contribution < -0.4 is 10.6 Å². The van der Waals surface area contributed by atoms with Gasteiger partial charge in [0, 0.05) is 57.6 Å². The molecule has 2 aromatic heterocycles. The predicted molar refractivity (Wildman–Crippen MR) is 268 cm³/mol. The molecule has 0 aliphatic carbocycles. The summed E-state index contributed by atoms with van der Waals surface area (Å²) in [6.45, 7) is 17.0. The molecule has 2 amide bonds. The van der Waals surface area contributed by atoms with Crippen molar-refractivity contribution < 1.29 is 24.2 Å². The zero-order valence-corrected chi connectivity index (χ0v) is 41.2. The van der Waals surface area contributed by atoms with Gasteiger partial charge in [0.15, 0.2) is 0 Å². The van der Waals surface area contributed by atoms with Crippen molar-refractivity contribution in [3.8, 4) is 0 Å². The van der Waals surface area contributed by atoms with E-state index in [1.807, 2.05) is 45.1 Å². The summed E-state index contributed by atoms with van der Waals surface area (Å²) < 4.78 is 8.75. The molecule has 69 heavy (non-hydrogen) atoms. The molecule has 0 saturated carbocycles. The first-order valence-electron chi connectivity index (χ1n) is 25.2. The van der Waals surface area contributed by atoms with Gasteiger partial charge in [-0.2, -0.15) is 0 Å². The van der Waals surface area contributed by atoms with Gasteiger partial charge in [0.1, 0.15) is 11.0 Å². The van der Waals surface area contributed by atoms with Crippen LogP contribution in [0.5, 0.6) is 0 Å². The molecular formula is C54H70N10O5. The van der Waals surface area contributed by atoms with E-state index < -0.39 is 5.97 Å². The Kier molecular flexibility index (Phi) is 16.4. The number of aryl methyl sites for hydroxylation is 4. The van der Waals surface area contributed by atoms with E-state index in [1.165, 1.54) is 62.6 Å².